The maximum atomic E-state index is 13.6. The van der Waals surface area contributed by atoms with Crippen molar-refractivity contribution < 1.29 is 14.3 Å². The number of halogens is 1. The van der Waals surface area contributed by atoms with Gasteiger partial charge in [0.25, 0.3) is 0 Å². The van der Waals surface area contributed by atoms with Crippen LogP contribution in [0, 0.1) is 12.3 Å². The Balaban J connectivity index is 1.75. The van der Waals surface area contributed by atoms with Crippen LogP contribution < -0.4 is 21.7 Å². The van der Waals surface area contributed by atoms with E-state index in [0.29, 0.717) is 22.3 Å². The molecule has 0 atom stereocenters. The van der Waals surface area contributed by atoms with Gasteiger partial charge < -0.3 is 9.47 Å². The molecule has 202 valence electrons. The highest BCUT2D eigenvalue weighted by molar-refractivity contribution is 6.30. The van der Waals surface area contributed by atoms with E-state index in [1.54, 1.807) is 50.2 Å². The Morgan fingerprint density at radius 1 is 1.03 bits per heavy atom. The fourth-order valence-electron chi connectivity index (χ4n) is 3.79. The Hall–Kier alpha value is -4.44. The van der Waals surface area contributed by atoms with Crippen LogP contribution in [0.3, 0.4) is 0 Å². The second-order valence-corrected chi connectivity index (χ2v) is 10.0. The summed E-state index contributed by atoms with van der Waals surface area (Å²) in [6, 6.07) is 17.7. The quantitative estimate of drug-likeness (QED) is 0.332. The van der Waals surface area contributed by atoms with Gasteiger partial charge in [0, 0.05) is 18.8 Å². The fraction of sp³-hybridized carbons (Fsp3) is 0.250. The third kappa shape index (κ3) is 6.71. The molecule has 11 heteroatoms. The number of carbonyl (C=O) groups excluding carboxylic acids is 1. The van der Waals surface area contributed by atoms with Gasteiger partial charge in [0.05, 0.1) is 29.8 Å². The minimum Gasteiger partial charge on any atom is -0.469 e. The van der Waals surface area contributed by atoms with Crippen molar-refractivity contribution in [2.45, 2.75) is 33.9 Å². The first-order valence-corrected chi connectivity index (χ1v) is 12.5. The summed E-state index contributed by atoms with van der Waals surface area (Å²) in [5.41, 5.74) is 0.0411. The second kappa shape index (κ2) is 11.5. The van der Waals surface area contributed by atoms with Crippen LogP contribution in [0.25, 0.3) is 0 Å². The third-order valence-electron chi connectivity index (χ3n) is 5.93. The van der Waals surface area contributed by atoms with Crippen molar-refractivity contribution in [3.05, 3.63) is 110 Å². The molecule has 0 aliphatic carbocycles. The lowest BCUT2D eigenvalue weighted by Crippen LogP contribution is -2.52. The van der Waals surface area contributed by atoms with Gasteiger partial charge in [0.2, 0.25) is 11.5 Å². The molecule has 39 heavy (non-hydrogen) atoms. The van der Waals surface area contributed by atoms with Crippen LogP contribution in [0.1, 0.15) is 25.0 Å². The zero-order chi connectivity index (χ0) is 28.2. The molecular formula is C28H28ClN5O5. The zero-order valence-electron chi connectivity index (χ0n) is 22.0. The average Bonchev–Trinajstić information content (AvgIpc) is 2.91. The minimum absolute atomic E-state index is 0.0609. The van der Waals surface area contributed by atoms with Gasteiger partial charge in [-0.3, -0.25) is 14.3 Å². The molecule has 0 saturated carbocycles. The highest BCUT2D eigenvalue weighted by Gasteiger charge is 2.31. The van der Waals surface area contributed by atoms with Gasteiger partial charge in [-0.05, 0) is 56.7 Å². The summed E-state index contributed by atoms with van der Waals surface area (Å²) in [4.78, 5) is 50.2. The number of aromatic nitrogens is 4. The molecule has 0 fully saturated rings. The molecule has 10 nitrogen and oxygen atoms in total. The Morgan fingerprint density at radius 2 is 1.72 bits per heavy atom. The number of methoxy groups -OCH3 is 1. The van der Waals surface area contributed by atoms with Crippen LogP contribution in [0.2, 0.25) is 5.02 Å². The minimum atomic E-state index is -1.11. The van der Waals surface area contributed by atoms with E-state index < -0.39 is 22.8 Å². The number of hydrogen-bond acceptors (Lipinski definition) is 7. The van der Waals surface area contributed by atoms with Gasteiger partial charge in [-0.15, -0.1) is 0 Å². The van der Waals surface area contributed by atoms with Crippen LogP contribution >= 0.6 is 11.6 Å². The first-order chi connectivity index (χ1) is 18.6. The molecule has 0 amide bonds. The largest absolute Gasteiger partial charge is 0.469 e. The number of benzene rings is 2. The van der Waals surface area contributed by atoms with Crippen LogP contribution in [-0.2, 0) is 22.6 Å². The lowest BCUT2D eigenvalue weighted by atomic mass is 9.94. The number of esters is 1. The van der Waals surface area contributed by atoms with Gasteiger partial charge in [0.1, 0.15) is 5.75 Å². The predicted octanol–water partition coefficient (Wildman–Crippen LogP) is 3.97. The van der Waals surface area contributed by atoms with Gasteiger partial charge in [0.15, 0.2) is 0 Å². The van der Waals surface area contributed by atoms with Gasteiger partial charge in [-0.25, -0.2) is 24.1 Å². The number of aromatic amines is 1. The summed E-state index contributed by atoms with van der Waals surface area (Å²) < 4.78 is 12.9. The normalized spacial score (nSPS) is 11.9. The molecule has 0 aliphatic heterocycles. The number of hydrogen-bond donors (Lipinski definition) is 1. The SMILES string of the molecule is COC(=O)C(C)(C)Cn1c(=O)[nH]/c(=N\c2ccc(Oc3ccc(Cl)cn3)cc2)n(Cc2ccc(C)cc2)c1=O. The number of nitrogens with one attached hydrogen (secondary N) is 1. The first kappa shape index (κ1) is 27.6. The summed E-state index contributed by atoms with van der Waals surface area (Å²) in [5, 5.41) is 0.500. The zero-order valence-corrected chi connectivity index (χ0v) is 22.7. The number of rotatable bonds is 8. The molecule has 4 rings (SSSR count). The standard InChI is InChI=1S/C28H28ClN5O5/c1-18-5-7-19(8-6-18)16-33-25(32-26(36)34(27(33)37)17-28(2,3)24(35)38-4)31-21-10-12-22(13-11-21)39-23-14-9-20(29)15-30-23/h5-15H,16-17H2,1-4H3,(H,31,32,36). The molecule has 2 aromatic heterocycles. The third-order valence-corrected chi connectivity index (χ3v) is 6.15. The van der Waals surface area contributed by atoms with Crippen molar-refractivity contribution in [3.8, 4) is 11.6 Å². The van der Waals surface area contributed by atoms with Crippen molar-refractivity contribution >= 4 is 23.3 Å². The number of nitrogens with zero attached hydrogens (tertiary/aromatic N) is 4. The summed E-state index contributed by atoms with van der Waals surface area (Å²) in [6.07, 6.45) is 1.48. The average molecular weight is 550 g/mol. The molecule has 0 saturated heterocycles. The molecule has 1 N–H and O–H groups in total. The first-order valence-electron chi connectivity index (χ1n) is 12.1. The molecule has 0 unspecified atom stereocenters. The topological polar surface area (TPSA) is 121 Å². The maximum absolute atomic E-state index is 13.6. The van der Waals surface area contributed by atoms with E-state index in [-0.39, 0.29) is 18.7 Å². The van der Waals surface area contributed by atoms with Gasteiger partial charge in [-0.2, -0.15) is 0 Å². The van der Waals surface area contributed by atoms with E-state index in [9.17, 15) is 14.4 Å². The van der Waals surface area contributed by atoms with Gasteiger partial charge >= 0.3 is 17.3 Å². The van der Waals surface area contributed by atoms with Crippen LogP contribution in [0.4, 0.5) is 5.69 Å². The molecular weight excluding hydrogens is 522 g/mol. The summed E-state index contributed by atoms with van der Waals surface area (Å²) >= 11 is 5.87. The lowest BCUT2D eigenvalue weighted by Gasteiger charge is -2.22. The Morgan fingerprint density at radius 3 is 2.33 bits per heavy atom. The van der Waals surface area contributed by atoms with Crippen LogP contribution in [0.5, 0.6) is 11.6 Å². The Labute approximate surface area is 229 Å². The van der Waals surface area contributed by atoms with Gasteiger partial charge in [-0.1, -0.05) is 41.4 Å². The summed E-state index contributed by atoms with van der Waals surface area (Å²) in [7, 11) is 1.26. The molecule has 4 aromatic rings. The highest BCUT2D eigenvalue weighted by atomic mass is 35.5. The number of pyridine rings is 1. The predicted molar refractivity (Wildman–Crippen MR) is 146 cm³/mol. The molecule has 0 spiro atoms. The molecule has 0 radical (unpaired) electrons. The number of carbonyl (C=O) groups is 1. The Kier molecular flexibility index (Phi) is 8.15. The smallest absolute Gasteiger partial charge is 0.335 e. The molecule has 2 heterocycles. The molecule has 2 aromatic carbocycles. The van der Waals surface area contributed by atoms with Crippen LogP contribution in [-0.4, -0.2) is 32.2 Å². The van der Waals surface area contributed by atoms with Crippen molar-refractivity contribution in [3.63, 3.8) is 0 Å². The van der Waals surface area contributed by atoms with Crippen molar-refractivity contribution in [1.82, 2.24) is 19.1 Å². The van der Waals surface area contributed by atoms with Crippen molar-refractivity contribution in [2.24, 2.45) is 10.4 Å². The molecule has 0 aliphatic rings. The van der Waals surface area contributed by atoms with E-state index >= 15 is 0 Å². The highest BCUT2D eigenvalue weighted by Crippen LogP contribution is 2.23. The second-order valence-electron chi connectivity index (χ2n) is 9.59. The van der Waals surface area contributed by atoms with Crippen molar-refractivity contribution in [2.75, 3.05) is 7.11 Å². The van der Waals surface area contributed by atoms with E-state index in [0.717, 1.165) is 15.7 Å². The number of ether oxygens (including phenoxy) is 2. The summed E-state index contributed by atoms with van der Waals surface area (Å²) in [6.45, 7) is 5.16. The van der Waals surface area contributed by atoms with E-state index in [4.69, 9.17) is 21.1 Å². The Bertz CT molecular complexity index is 1650. The van der Waals surface area contributed by atoms with E-state index in [1.165, 1.54) is 17.9 Å². The van der Waals surface area contributed by atoms with Crippen LogP contribution in [0.15, 0.2) is 81.4 Å². The van der Waals surface area contributed by atoms with E-state index in [2.05, 4.69) is 15.0 Å². The van der Waals surface area contributed by atoms with Crippen molar-refractivity contribution in [1.29, 1.82) is 0 Å². The van der Waals surface area contributed by atoms with E-state index in [1.807, 2.05) is 31.2 Å². The number of aryl methyl sites for hydroxylation is 1. The fourth-order valence-corrected chi connectivity index (χ4v) is 3.90. The maximum Gasteiger partial charge on any atom is 0.335 e. The summed E-state index contributed by atoms with van der Waals surface area (Å²) in [5.74, 6) is 0.358. The number of H-pyrrole nitrogens is 1. The molecule has 0 bridgehead atoms. The lowest BCUT2D eigenvalue weighted by molar-refractivity contribution is -0.151. The monoisotopic (exact) mass is 549 g/mol.